The summed E-state index contributed by atoms with van der Waals surface area (Å²) in [6, 6.07) is 8.12. The number of carbonyl (C=O) groups is 2. The molecule has 5 nitrogen and oxygen atoms in total. The molecule has 0 radical (unpaired) electrons. The van der Waals surface area contributed by atoms with Crippen LogP contribution in [0, 0.1) is 12.8 Å². The first-order chi connectivity index (χ1) is 12.4. The lowest BCUT2D eigenvalue weighted by molar-refractivity contribution is -0.150. The van der Waals surface area contributed by atoms with E-state index in [-0.39, 0.29) is 29.9 Å². The molecule has 0 spiro atoms. The van der Waals surface area contributed by atoms with Crippen molar-refractivity contribution in [1.82, 2.24) is 9.80 Å². The third kappa shape index (κ3) is 4.64. The number of morpholine rings is 1. The minimum Gasteiger partial charge on any atom is -0.372 e. The maximum absolute atomic E-state index is 12.8. The van der Waals surface area contributed by atoms with Crippen molar-refractivity contribution in [2.45, 2.75) is 52.2 Å². The molecule has 0 unspecified atom stereocenters. The van der Waals surface area contributed by atoms with Gasteiger partial charge in [-0.3, -0.25) is 9.59 Å². The smallest absolute Gasteiger partial charge is 0.226 e. The Kier molecular flexibility index (Phi) is 5.97. The second-order valence-corrected chi connectivity index (χ2v) is 7.82. The van der Waals surface area contributed by atoms with Crippen LogP contribution in [0.1, 0.15) is 37.8 Å². The number of hydrogen-bond donors (Lipinski definition) is 0. The van der Waals surface area contributed by atoms with Gasteiger partial charge in [0, 0.05) is 32.1 Å². The highest BCUT2D eigenvalue weighted by molar-refractivity contribution is 5.81. The molecule has 0 aromatic heterocycles. The van der Waals surface area contributed by atoms with Crippen LogP contribution in [0.15, 0.2) is 24.3 Å². The first-order valence-electron chi connectivity index (χ1n) is 9.70. The number of benzene rings is 1. The van der Waals surface area contributed by atoms with Gasteiger partial charge in [-0.1, -0.05) is 29.8 Å². The van der Waals surface area contributed by atoms with Crippen LogP contribution in [0.5, 0.6) is 0 Å². The average Bonchev–Trinajstić information content (AvgIpc) is 2.62. The number of hydrogen-bond acceptors (Lipinski definition) is 3. The van der Waals surface area contributed by atoms with E-state index in [2.05, 4.69) is 0 Å². The van der Waals surface area contributed by atoms with Gasteiger partial charge in [-0.05, 0) is 39.2 Å². The Balaban J connectivity index is 1.49. The van der Waals surface area contributed by atoms with Gasteiger partial charge in [-0.15, -0.1) is 0 Å². The number of piperidine rings is 1. The predicted octanol–water partition coefficient (Wildman–Crippen LogP) is 2.41. The van der Waals surface area contributed by atoms with Crippen LogP contribution in [-0.4, -0.2) is 60.0 Å². The zero-order valence-electron chi connectivity index (χ0n) is 16.1. The SMILES string of the molecule is Cc1ccc(CC(=O)N2CCC(C(=O)N3C[C@H](C)O[C@@H](C)C3)CC2)cc1. The normalized spacial score (nSPS) is 24.6. The molecule has 3 rings (SSSR count). The maximum atomic E-state index is 12.8. The largest absolute Gasteiger partial charge is 0.372 e. The Hall–Kier alpha value is -1.88. The van der Waals surface area contributed by atoms with Gasteiger partial charge in [-0.2, -0.15) is 0 Å². The molecule has 2 atom stereocenters. The second kappa shape index (κ2) is 8.21. The Morgan fingerprint density at radius 1 is 1.00 bits per heavy atom. The van der Waals surface area contributed by atoms with Crippen molar-refractivity contribution in [3.8, 4) is 0 Å². The lowest BCUT2D eigenvalue weighted by Gasteiger charge is -2.39. The highest BCUT2D eigenvalue weighted by Crippen LogP contribution is 2.23. The number of amides is 2. The summed E-state index contributed by atoms with van der Waals surface area (Å²) in [6.07, 6.45) is 2.16. The maximum Gasteiger partial charge on any atom is 0.226 e. The van der Waals surface area contributed by atoms with E-state index in [1.807, 2.05) is 54.8 Å². The number of likely N-dealkylation sites (tertiary alicyclic amines) is 1. The van der Waals surface area contributed by atoms with E-state index in [0.717, 1.165) is 18.4 Å². The molecule has 1 aromatic rings. The fourth-order valence-electron chi connectivity index (χ4n) is 3.98. The number of aryl methyl sites for hydroxylation is 1. The molecule has 2 aliphatic heterocycles. The number of rotatable bonds is 3. The molecule has 2 aliphatic rings. The minimum atomic E-state index is 0.0379. The molecule has 5 heteroatoms. The zero-order chi connectivity index (χ0) is 18.7. The summed E-state index contributed by atoms with van der Waals surface area (Å²) in [5.41, 5.74) is 2.25. The van der Waals surface area contributed by atoms with Crippen molar-refractivity contribution < 1.29 is 14.3 Å². The summed E-state index contributed by atoms with van der Waals surface area (Å²) in [4.78, 5) is 29.2. The standard InChI is InChI=1S/C21H30N2O3/c1-15-4-6-18(7-5-15)12-20(24)22-10-8-19(9-11-22)21(25)23-13-16(2)26-17(3)14-23/h4-7,16-17,19H,8-14H2,1-3H3/t16-,17-/m0/s1. The fourth-order valence-corrected chi connectivity index (χ4v) is 3.98. The summed E-state index contributed by atoms with van der Waals surface area (Å²) in [5, 5.41) is 0. The van der Waals surface area contributed by atoms with Crippen LogP contribution in [0.3, 0.4) is 0 Å². The van der Waals surface area contributed by atoms with E-state index < -0.39 is 0 Å². The summed E-state index contributed by atoms with van der Waals surface area (Å²) >= 11 is 0. The molecule has 2 amide bonds. The summed E-state index contributed by atoms with van der Waals surface area (Å²) in [7, 11) is 0. The topological polar surface area (TPSA) is 49.9 Å². The van der Waals surface area contributed by atoms with Gasteiger partial charge >= 0.3 is 0 Å². The molecule has 0 aliphatic carbocycles. The van der Waals surface area contributed by atoms with Gasteiger partial charge in [0.2, 0.25) is 11.8 Å². The first kappa shape index (κ1) is 18.9. The molecule has 0 saturated carbocycles. The van der Waals surface area contributed by atoms with Crippen molar-refractivity contribution in [1.29, 1.82) is 0 Å². The van der Waals surface area contributed by atoms with Crippen LogP contribution in [0.2, 0.25) is 0 Å². The predicted molar refractivity (Wildman–Crippen MR) is 101 cm³/mol. The monoisotopic (exact) mass is 358 g/mol. The molecule has 2 saturated heterocycles. The number of carbonyl (C=O) groups excluding carboxylic acids is 2. The highest BCUT2D eigenvalue weighted by atomic mass is 16.5. The molecule has 2 fully saturated rings. The third-order valence-electron chi connectivity index (χ3n) is 5.40. The lowest BCUT2D eigenvalue weighted by Crippen LogP contribution is -2.51. The zero-order valence-corrected chi connectivity index (χ0v) is 16.1. The Bertz CT molecular complexity index is 625. The lowest BCUT2D eigenvalue weighted by atomic mass is 9.94. The third-order valence-corrected chi connectivity index (χ3v) is 5.40. The van der Waals surface area contributed by atoms with Gasteiger partial charge in [0.25, 0.3) is 0 Å². The van der Waals surface area contributed by atoms with Gasteiger partial charge < -0.3 is 14.5 Å². The molecule has 2 heterocycles. The van der Waals surface area contributed by atoms with E-state index in [1.165, 1.54) is 5.56 Å². The van der Waals surface area contributed by atoms with Crippen molar-refractivity contribution in [3.05, 3.63) is 35.4 Å². The van der Waals surface area contributed by atoms with Crippen molar-refractivity contribution in [3.63, 3.8) is 0 Å². The van der Waals surface area contributed by atoms with Gasteiger partial charge in [0.1, 0.15) is 0 Å². The molecule has 0 N–H and O–H groups in total. The fraction of sp³-hybridized carbons (Fsp3) is 0.619. The van der Waals surface area contributed by atoms with Crippen molar-refractivity contribution >= 4 is 11.8 Å². The molecule has 26 heavy (non-hydrogen) atoms. The quantitative estimate of drug-likeness (QED) is 0.834. The molecule has 142 valence electrons. The van der Waals surface area contributed by atoms with E-state index in [0.29, 0.717) is 32.6 Å². The molecular formula is C21H30N2O3. The second-order valence-electron chi connectivity index (χ2n) is 7.82. The van der Waals surface area contributed by atoms with Crippen LogP contribution in [0.4, 0.5) is 0 Å². The summed E-state index contributed by atoms with van der Waals surface area (Å²) in [6.45, 7) is 8.78. The van der Waals surface area contributed by atoms with Crippen LogP contribution < -0.4 is 0 Å². The minimum absolute atomic E-state index is 0.0379. The van der Waals surface area contributed by atoms with E-state index in [1.54, 1.807) is 0 Å². The Labute approximate surface area is 156 Å². The Morgan fingerprint density at radius 2 is 1.58 bits per heavy atom. The van der Waals surface area contributed by atoms with Crippen LogP contribution in [-0.2, 0) is 20.7 Å². The van der Waals surface area contributed by atoms with Gasteiger partial charge in [-0.25, -0.2) is 0 Å². The molecule has 1 aromatic carbocycles. The average molecular weight is 358 g/mol. The molecular weight excluding hydrogens is 328 g/mol. The molecule has 0 bridgehead atoms. The van der Waals surface area contributed by atoms with Crippen molar-refractivity contribution in [2.24, 2.45) is 5.92 Å². The Morgan fingerprint density at radius 3 is 2.15 bits per heavy atom. The first-order valence-corrected chi connectivity index (χ1v) is 9.70. The highest BCUT2D eigenvalue weighted by Gasteiger charge is 2.33. The van der Waals surface area contributed by atoms with E-state index in [9.17, 15) is 9.59 Å². The van der Waals surface area contributed by atoms with E-state index >= 15 is 0 Å². The number of nitrogens with zero attached hydrogens (tertiary/aromatic N) is 2. The van der Waals surface area contributed by atoms with Gasteiger partial charge in [0.15, 0.2) is 0 Å². The summed E-state index contributed by atoms with van der Waals surface area (Å²) < 4.78 is 5.72. The van der Waals surface area contributed by atoms with Crippen LogP contribution >= 0.6 is 0 Å². The van der Waals surface area contributed by atoms with Gasteiger partial charge in [0.05, 0.1) is 18.6 Å². The summed E-state index contributed by atoms with van der Waals surface area (Å²) in [5.74, 6) is 0.432. The van der Waals surface area contributed by atoms with Crippen molar-refractivity contribution in [2.75, 3.05) is 26.2 Å². The van der Waals surface area contributed by atoms with E-state index in [4.69, 9.17) is 4.74 Å². The number of ether oxygens (including phenoxy) is 1. The van der Waals surface area contributed by atoms with Crippen LogP contribution in [0.25, 0.3) is 0 Å².